The monoisotopic (exact) mass is 346 g/mol. The fraction of sp³-hybridized carbons (Fsp3) is 0.294. The van der Waals surface area contributed by atoms with Crippen molar-refractivity contribution < 1.29 is 0 Å². The number of aromatic nitrogens is 4. The minimum absolute atomic E-state index is 0.768. The van der Waals surface area contributed by atoms with Crippen LogP contribution in [0.25, 0.3) is 0 Å². The van der Waals surface area contributed by atoms with Crippen LogP contribution in [-0.4, -0.2) is 19.3 Å². The molecule has 0 saturated carbocycles. The van der Waals surface area contributed by atoms with E-state index in [1.807, 2.05) is 18.2 Å². The number of nitrogens with zero attached hydrogens (tertiary/aromatic N) is 4. The van der Waals surface area contributed by atoms with Crippen LogP contribution in [0.4, 0.5) is 0 Å². The lowest BCUT2D eigenvalue weighted by Crippen LogP contribution is -2.06. The van der Waals surface area contributed by atoms with E-state index < -0.39 is 0 Å². The molecule has 3 aromatic rings. The van der Waals surface area contributed by atoms with Gasteiger partial charge in [0.05, 0.1) is 0 Å². The van der Waals surface area contributed by atoms with Crippen LogP contribution >= 0.6 is 23.4 Å². The van der Waals surface area contributed by atoms with Gasteiger partial charge in [-0.2, -0.15) is 0 Å². The lowest BCUT2D eigenvalue weighted by atomic mass is 10.2. The molecule has 3 rings (SSSR count). The van der Waals surface area contributed by atoms with Gasteiger partial charge >= 0.3 is 0 Å². The normalized spacial score (nSPS) is 11.1. The molecule has 0 aliphatic heterocycles. The molecule has 0 fully saturated rings. The average Bonchev–Trinajstić information content (AvgIpc) is 3.12. The van der Waals surface area contributed by atoms with Crippen molar-refractivity contribution in [1.82, 2.24) is 19.3 Å². The molecule has 0 radical (unpaired) electrons. The molecule has 0 atom stereocenters. The molecule has 0 aliphatic rings. The largest absolute Gasteiger partial charge is 0.354 e. The van der Waals surface area contributed by atoms with Gasteiger partial charge in [0, 0.05) is 42.7 Å². The van der Waals surface area contributed by atoms with Gasteiger partial charge in [0.2, 0.25) is 0 Å². The quantitative estimate of drug-likeness (QED) is 0.628. The van der Waals surface area contributed by atoms with Gasteiger partial charge < -0.3 is 9.13 Å². The van der Waals surface area contributed by atoms with E-state index in [4.69, 9.17) is 11.6 Å². The van der Waals surface area contributed by atoms with Gasteiger partial charge in [-0.1, -0.05) is 35.5 Å². The predicted octanol–water partition coefficient (Wildman–Crippen LogP) is 4.17. The summed E-state index contributed by atoms with van der Waals surface area (Å²) in [5.74, 6) is 1.84. The maximum atomic E-state index is 6.04. The first kappa shape index (κ1) is 16.1. The predicted molar refractivity (Wildman–Crippen MR) is 94.9 cm³/mol. The second-order valence-corrected chi connectivity index (χ2v) is 6.73. The van der Waals surface area contributed by atoms with E-state index in [9.17, 15) is 0 Å². The van der Waals surface area contributed by atoms with E-state index >= 15 is 0 Å². The highest BCUT2D eigenvalue weighted by Gasteiger charge is 2.13. The Kier molecular flexibility index (Phi) is 5.08. The Morgan fingerprint density at radius 3 is 2.74 bits per heavy atom. The van der Waals surface area contributed by atoms with Gasteiger partial charge in [-0.3, -0.25) is 0 Å². The van der Waals surface area contributed by atoms with Crippen LogP contribution in [-0.2, 0) is 25.8 Å². The molecule has 1 aromatic carbocycles. The molecule has 120 valence electrons. The van der Waals surface area contributed by atoms with Gasteiger partial charge in [0.15, 0.2) is 5.16 Å². The molecule has 0 unspecified atom stereocenters. The van der Waals surface area contributed by atoms with Crippen LogP contribution in [0, 0.1) is 0 Å². The van der Waals surface area contributed by atoms with Crippen molar-refractivity contribution >= 4 is 23.4 Å². The fourth-order valence-corrected chi connectivity index (χ4v) is 3.67. The molecule has 0 spiro atoms. The van der Waals surface area contributed by atoms with Crippen molar-refractivity contribution in [1.29, 1.82) is 0 Å². The molecule has 4 nitrogen and oxygen atoms in total. The van der Waals surface area contributed by atoms with Crippen LogP contribution in [0.3, 0.4) is 0 Å². The highest BCUT2D eigenvalue weighted by molar-refractivity contribution is 7.98. The maximum Gasteiger partial charge on any atom is 0.191 e. The summed E-state index contributed by atoms with van der Waals surface area (Å²) in [6.45, 7) is 2.99. The summed E-state index contributed by atoms with van der Waals surface area (Å²) < 4.78 is 4.30. The lowest BCUT2D eigenvalue weighted by Gasteiger charge is -2.08. The highest BCUT2D eigenvalue weighted by Crippen LogP contribution is 2.24. The Bertz CT molecular complexity index is 793. The van der Waals surface area contributed by atoms with Crippen molar-refractivity contribution in [3.63, 3.8) is 0 Å². The molecular formula is C17H19ClN4S. The van der Waals surface area contributed by atoms with E-state index in [1.54, 1.807) is 11.8 Å². The number of hydrogen-bond acceptors (Lipinski definition) is 3. The van der Waals surface area contributed by atoms with Gasteiger partial charge in [0.25, 0.3) is 0 Å². The number of halogens is 1. The molecule has 23 heavy (non-hydrogen) atoms. The number of hydrogen-bond donors (Lipinski definition) is 0. The molecule has 2 heterocycles. The molecular weight excluding hydrogens is 328 g/mol. The summed E-state index contributed by atoms with van der Waals surface area (Å²) in [5, 5.41) is 10.5. The van der Waals surface area contributed by atoms with E-state index in [2.05, 4.69) is 57.7 Å². The van der Waals surface area contributed by atoms with Crippen LogP contribution in [0.15, 0.2) is 47.8 Å². The van der Waals surface area contributed by atoms with Crippen LogP contribution in [0.5, 0.6) is 0 Å². The summed E-state index contributed by atoms with van der Waals surface area (Å²) in [5.41, 5.74) is 2.43. The van der Waals surface area contributed by atoms with Crippen molar-refractivity contribution in [2.45, 2.75) is 30.8 Å². The van der Waals surface area contributed by atoms with Crippen LogP contribution < -0.4 is 0 Å². The Morgan fingerprint density at radius 2 is 2.04 bits per heavy atom. The lowest BCUT2D eigenvalue weighted by molar-refractivity contribution is 0.645. The third-order valence-electron chi connectivity index (χ3n) is 3.76. The zero-order chi connectivity index (χ0) is 16.2. The number of benzene rings is 1. The van der Waals surface area contributed by atoms with Crippen molar-refractivity contribution in [2.75, 3.05) is 0 Å². The number of rotatable bonds is 6. The molecule has 0 amide bonds. The topological polar surface area (TPSA) is 35.6 Å². The van der Waals surface area contributed by atoms with Gasteiger partial charge in [0.1, 0.15) is 5.82 Å². The Morgan fingerprint density at radius 1 is 1.17 bits per heavy atom. The molecule has 2 aromatic heterocycles. The summed E-state index contributed by atoms with van der Waals surface area (Å²) in [6.07, 6.45) is 2.85. The van der Waals surface area contributed by atoms with E-state index in [1.165, 1.54) is 11.3 Å². The fourth-order valence-electron chi connectivity index (χ4n) is 2.49. The summed E-state index contributed by atoms with van der Waals surface area (Å²) in [4.78, 5) is 0. The first-order valence-corrected chi connectivity index (χ1v) is 8.93. The summed E-state index contributed by atoms with van der Waals surface area (Å²) in [6, 6.07) is 12.1. The van der Waals surface area contributed by atoms with Gasteiger partial charge in [-0.25, -0.2) is 0 Å². The van der Waals surface area contributed by atoms with Crippen molar-refractivity contribution in [2.24, 2.45) is 7.05 Å². The molecule has 0 N–H and O–H groups in total. The van der Waals surface area contributed by atoms with Crippen molar-refractivity contribution in [3.05, 3.63) is 64.7 Å². The smallest absolute Gasteiger partial charge is 0.191 e. The van der Waals surface area contributed by atoms with E-state index in [0.29, 0.717) is 0 Å². The Labute approximate surface area is 145 Å². The highest BCUT2D eigenvalue weighted by atomic mass is 35.5. The number of aryl methyl sites for hydroxylation is 1. The minimum atomic E-state index is 0.768. The third-order valence-corrected chi connectivity index (χ3v) is 5.03. The van der Waals surface area contributed by atoms with Crippen molar-refractivity contribution in [3.8, 4) is 0 Å². The molecule has 0 aliphatic carbocycles. The maximum absolute atomic E-state index is 6.04. The third kappa shape index (κ3) is 3.79. The first-order chi connectivity index (χ1) is 11.2. The van der Waals surface area contributed by atoms with E-state index in [-0.39, 0.29) is 0 Å². The Balaban J connectivity index is 1.74. The second kappa shape index (κ2) is 7.23. The van der Waals surface area contributed by atoms with Crippen LogP contribution in [0.1, 0.15) is 24.0 Å². The molecule has 6 heteroatoms. The minimum Gasteiger partial charge on any atom is -0.354 e. The Hall–Kier alpha value is -1.72. The summed E-state index contributed by atoms with van der Waals surface area (Å²) in [7, 11) is 2.05. The first-order valence-electron chi connectivity index (χ1n) is 7.57. The number of thioether (sulfide) groups is 1. The summed E-state index contributed by atoms with van der Waals surface area (Å²) >= 11 is 7.73. The van der Waals surface area contributed by atoms with E-state index in [0.717, 1.165) is 34.7 Å². The van der Waals surface area contributed by atoms with Crippen LogP contribution in [0.2, 0.25) is 5.02 Å². The standard InChI is InChI=1S/C17H19ClN4S/c1-3-22-16(11-15-8-5-9-21(15)2)19-20-17(22)23-12-13-6-4-7-14(18)10-13/h4-10H,3,11-12H2,1-2H3. The molecule has 0 bridgehead atoms. The van der Waals surface area contributed by atoms with Gasteiger partial charge in [-0.05, 0) is 36.8 Å². The zero-order valence-corrected chi connectivity index (χ0v) is 14.8. The average molecular weight is 347 g/mol. The second-order valence-electron chi connectivity index (χ2n) is 5.35. The zero-order valence-electron chi connectivity index (χ0n) is 13.2. The molecule has 0 saturated heterocycles. The SMILES string of the molecule is CCn1c(Cc2cccn2C)nnc1SCc1cccc(Cl)c1. The van der Waals surface area contributed by atoms with Gasteiger partial charge in [-0.15, -0.1) is 10.2 Å².